The van der Waals surface area contributed by atoms with Gasteiger partial charge in [-0.3, -0.25) is 0 Å². The smallest absolute Gasteiger partial charge is 0.161 e. The van der Waals surface area contributed by atoms with Gasteiger partial charge in [-0.25, -0.2) is 14.4 Å². The van der Waals surface area contributed by atoms with E-state index in [0.717, 1.165) is 30.9 Å². The summed E-state index contributed by atoms with van der Waals surface area (Å²) < 4.78 is 13.2. The molecule has 2 rings (SSSR count). The van der Waals surface area contributed by atoms with Gasteiger partial charge < -0.3 is 5.32 Å². The zero-order valence-corrected chi connectivity index (χ0v) is 12.3. The van der Waals surface area contributed by atoms with Crippen molar-refractivity contribution in [3.05, 3.63) is 40.8 Å². The van der Waals surface area contributed by atoms with Gasteiger partial charge in [0.1, 0.15) is 11.6 Å². The number of rotatable bonds is 5. The molecular formula is C15H17ClFN3. The fourth-order valence-corrected chi connectivity index (χ4v) is 1.97. The first kappa shape index (κ1) is 14.7. The third-order valence-electron chi connectivity index (χ3n) is 2.88. The van der Waals surface area contributed by atoms with Gasteiger partial charge >= 0.3 is 0 Å². The van der Waals surface area contributed by atoms with Gasteiger partial charge in [0.05, 0.1) is 5.02 Å². The van der Waals surface area contributed by atoms with Crippen LogP contribution in [0.25, 0.3) is 11.4 Å². The van der Waals surface area contributed by atoms with E-state index in [1.807, 2.05) is 13.0 Å². The van der Waals surface area contributed by atoms with Crippen molar-refractivity contribution in [1.29, 1.82) is 0 Å². The first-order valence-corrected chi connectivity index (χ1v) is 7.09. The van der Waals surface area contributed by atoms with E-state index >= 15 is 0 Å². The summed E-state index contributed by atoms with van der Waals surface area (Å²) in [6.07, 6.45) is 1.83. The highest BCUT2D eigenvalue weighted by molar-refractivity contribution is 6.31. The number of benzene rings is 1. The number of nitrogens with zero attached hydrogens (tertiary/aromatic N) is 2. The van der Waals surface area contributed by atoms with E-state index in [0.29, 0.717) is 11.4 Å². The largest absolute Gasteiger partial charge is 0.370 e. The highest BCUT2D eigenvalue weighted by Crippen LogP contribution is 2.23. The van der Waals surface area contributed by atoms with Gasteiger partial charge in [0.2, 0.25) is 0 Å². The fourth-order valence-electron chi connectivity index (χ4n) is 1.79. The Labute approximate surface area is 123 Å². The van der Waals surface area contributed by atoms with Crippen molar-refractivity contribution in [3.63, 3.8) is 0 Å². The topological polar surface area (TPSA) is 37.8 Å². The summed E-state index contributed by atoms with van der Waals surface area (Å²) in [5, 5.41) is 3.33. The van der Waals surface area contributed by atoms with Gasteiger partial charge in [-0.2, -0.15) is 0 Å². The van der Waals surface area contributed by atoms with E-state index < -0.39 is 5.82 Å². The molecule has 0 aliphatic rings. The molecule has 0 saturated carbocycles. The lowest BCUT2D eigenvalue weighted by Gasteiger charge is -2.09. The second-order valence-corrected chi connectivity index (χ2v) is 4.88. The maximum absolute atomic E-state index is 13.2. The Balaban J connectivity index is 2.41. The third-order valence-corrected chi connectivity index (χ3v) is 3.16. The Kier molecular flexibility index (Phi) is 4.90. The fraction of sp³-hybridized carbons (Fsp3) is 0.333. The summed E-state index contributed by atoms with van der Waals surface area (Å²) in [5.41, 5.74) is 1.65. The van der Waals surface area contributed by atoms with Crippen molar-refractivity contribution >= 4 is 17.4 Å². The first-order valence-electron chi connectivity index (χ1n) is 6.71. The molecule has 0 fully saturated rings. The molecule has 0 atom stereocenters. The monoisotopic (exact) mass is 293 g/mol. The lowest BCUT2D eigenvalue weighted by molar-refractivity contribution is 0.628. The van der Waals surface area contributed by atoms with E-state index in [1.54, 1.807) is 12.1 Å². The lowest BCUT2D eigenvalue weighted by Crippen LogP contribution is -2.05. The van der Waals surface area contributed by atoms with Gasteiger partial charge in [0.25, 0.3) is 0 Å². The Morgan fingerprint density at radius 1 is 1.20 bits per heavy atom. The van der Waals surface area contributed by atoms with Crippen LogP contribution in [0.4, 0.5) is 10.2 Å². The lowest BCUT2D eigenvalue weighted by atomic mass is 10.2. The Morgan fingerprint density at radius 3 is 2.65 bits per heavy atom. The second kappa shape index (κ2) is 6.66. The first-order chi connectivity index (χ1) is 9.63. The van der Waals surface area contributed by atoms with Crippen LogP contribution in [0, 0.1) is 5.82 Å². The Bertz CT molecular complexity index is 602. The SMILES string of the molecule is CCCNc1cc(CC)nc(-c2ccc(F)c(Cl)c2)n1. The van der Waals surface area contributed by atoms with E-state index in [2.05, 4.69) is 22.2 Å². The van der Waals surface area contributed by atoms with Crippen LogP contribution in [0.3, 0.4) is 0 Å². The van der Waals surface area contributed by atoms with Gasteiger partial charge in [-0.1, -0.05) is 25.4 Å². The number of hydrogen-bond acceptors (Lipinski definition) is 3. The maximum atomic E-state index is 13.2. The molecule has 0 radical (unpaired) electrons. The zero-order chi connectivity index (χ0) is 14.5. The molecule has 0 aliphatic heterocycles. The molecular weight excluding hydrogens is 277 g/mol. The second-order valence-electron chi connectivity index (χ2n) is 4.48. The Morgan fingerprint density at radius 2 is 2.00 bits per heavy atom. The van der Waals surface area contributed by atoms with Crippen LogP contribution in [0.5, 0.6) is 0 Å². The molecule has 106 valence electrons. The molecule has 20 heavy (non-hydrogen) atoms. The molecule has 3 nitrogen and oxygen atoms in total. The summed E-state index contributed by atoms with van der Waals surface area (Å²) in [6, 6.07) is 6.46. The van der Waals surface area contributed by atoms with Crippen LogP contribution in [-0.4, -0.2) is 16.5 Å². The van der Waals surface area contributed by atoms with Crippen molar-refractivity contribution in [3.8, 4) is 11.4 Å². The number of anilines is 1. The molecule has 0 spiro atoms. The summed E-state index contributed by atoms with van der Waals surface area (Å²) in [5.74, 6) is 0.908. The van der Waals surface area contributed by atoms with Crippen molar-refractivity contribution in [2.24, 2.45) is 0 Å². The maximum Gasteiger partial charge on any atom is 0.161 e. The van der Waals surface area contributed by atoms with Crippen LogP contribution in [0.15, 0.2) is 24.3 Å². The molecule has 0 bridgehead atoms. The molecule has 0 aliphatic carbocycles. The molecule has 2 aromatic rings. The van der Waals surface area contributed by atoms with Crippen LogP contribution >= 0.6 is 11.6 Å². The molecule has 0 amide bonds. The van der Waals surface area contributed by atoms with Crippen molar-refractivity contribution < 1.29 is 4.39 Å². The van der Waals surface area contributed by atoms with Crippen LogP contribution in [-0.2, 0) is 6.42 Å². The van der Waals surface area contributed by atoms with Gasteiger partial charge in [0.15, 0.2) is 5.82 Å². The van der Waals surface area contributed by atoms with Crippen molar-refractivity contribution in [2.45, 2.75) is 26.7 Å². The minimum Gasteiger partial charge on any atom is -0.370 e. The molecule has 1 N–H and O–H groups in total. The predicted octanol–water partition coefficient (Wildman–Crippen LogP) is 4.32. The highest BCUT2D eigenvalue weighted by Gasteiger charge is 2.08. The molecule has 1 aromatic heterocycles. The Hall–Kier alpha value is -1.68. The van der Waals surface area contributed by atoms with Crippen LogP contribution < -0.4 is 5.32 Å². The molecule has 0 saturated heterocycles. The zero-order valence-electron chi connectivity index (χ0n) is 11.6. The summed E-state index contributed by atoms with van der Waals surface area (Å²) in [6.45, 7) is 4.98. The molecule has 1 heterocycles. The molecule has 0 unspecified atom stereocenters. The minimum atomic E-state index is -0.439. The van der Waals surface area contributed by atoms with E-state index in [4.69, 9.17) is 11.6 Å². The van der Waals surface area contributed by atoms with Crippen molar-refractivity contribution in [1.82, 2.24) is 9.97 Å². The number of nitrogens with one attached hydrogen (secondary N) is 1. The van der Waals surface area contributed by atoms with Gasteiger partial charge in [0, 0.05) is 23.9 Å². The number of halogens is 2. The summed E-state index contributed by atoms with van der Waals surface area (Å²) >= 11 is 5.81. The van der Waals surface area contributed by atoms with E-state index in [-0.39, 0.29) is 5.02 Å². The number of aryl methyl sites for hydroxylation is 1. The predicted molar refractivity (Wildman–Crippen MR) is 80.6 cm³/mol. The average Bonchev–Trinajstić information content (AvgIpc) is 2.47. The minimum absolute atomic E-state index is 0.0797. The van der Waals surface area contributed by atoms with Crippen LogP contribution in [0.1, 0.15) is 26.0 Å². The average molecular weight is 294 g/mol. The van der Waals surface area contributed by atoms with Crippen LogP contribution in [0.2, 0.25) is 5.02 Å². The molecule has 1 aromatic carbocycles. The number of aromatic nitrogens is 2. The number of hydrogen-bond donors (Lipinski definition) is 1. The summed E-state index contributed by atoms with van der Waals surface area (Å²) in [4.78, 5) is 8.93. The van der Waals surface area contributed by atoms with Crippen molar-refractivity contribution in [2.75, 3.05) is 11.9 Å². The standard InChI is InChI=1S/C15H17ClFN3/c1-3-7-18-14-9-11(4-2)19-15(20-14)10-5-6-13(17)12(16)8-10/h5-6,8-9H,3-4,7H2,1-2H3,(H,18,19,20). The van der Waals surface area contributed by atoms with Gasteiger partial charge in [-0.05, 0) is 31.0 Å². The highest BCUT2D eigenvalue weighted by atomic mass is 35.5. The van der Waals surface area contributed by atoms with E-state index in [1.165, 1.54) is 6.07 Å². The summed E-state index contributed by atoms with van der Waals surface area (Å²) in [7, 11) is 0. The third kappa shape index (κ3) is 3.45. The molecule has 5 heteroatoms. The van der Waals surface area contributed by atoms with E-state index in [9.17, 15) is 4.39 Å². The quantitative estimate of drug-likeness (QED) is 0.892. The normalized spacial score (nSPS) is 10.6. The van der Waals surface area contributed by atoms with Gasteiger partial charge in [-0.15, -0.1) is 0 Å².